The van der Waals surface area contributed by atoms with Crippen LogP contribution < -0.4 is 0 Å². The highest BCUT2D eigenvalue weighted by Crippen LogP contribution is 2.39. The first-order valence-electron chi connectivity index (χ1n) is 4.30. The number of hydrogen-bond acceptors (Lipinski definition) is 1. The molecule has 0 fully saturated rings. The van der Waals surface area contributed by atoms with E-state index in [0.717, 1.165) is 4.57 Å². The number of hydrogen-bond donors (Lipinski definition) is 0. The summed E-state index contributed by atoms with van der Waals surface area (Å²) in [6.07, 6.45) is -4.56. The standard InChI is InChI=1S/C9H4Cl3F3N2/c1-17-4-2-3(10)5(11)6(12)7(4)16-8(17)9(13,14)15/h2H,1H3. The van der Waals surface area contributed by atoms with Crippen molar-refractivity contribution in [3.05, 3.63) is 27.0 Å². The summed E-state index contributed by atoms with van der Waals surface area (Å²) in [4.78, 5) is 3.45. The Morgan fingerprint density at radius 1 is 1.18 bits per heavy atom. The van der Waals surface area contributed by atoms with Crippen LogP contribution in [0, 0.1) is 0 Å². The van der Waals surface area contributed by atoms with Crippen LogP contribution in [-0.4, -0.2) is 9.55 Å². The molecule has 8 heteroatoms. The fourth-order valence-corrected chi connectivity index (χ4v) is 2.11. The molecule has 0 aliphatic carbocycles. The van der Waals surface area contributed by atoms with E-state index in [0.29, 0.717) is 0 Å². The second kappa shape index (κ2) is 3.93. The number of nitrogens with zero attached hydrogens (tertiary/aromatic N) is 2. The maximum absolute atomic E-state index is 12.6. The number of fused-ring (bicyclic) bond motifs is 1. The lowest BCUT2D eigenvalue weighted by Gasteiger charge is -2.05. The molecule has 2 rings (SSSR count). The van der Waals surface area contributed by atoms with Gasteiger partial charge in [-0.25, -0.2) is 4.98 Å². The first-order valence-corrected chi connectivity index (χ1v) is 5.44. The highest BCUT2D eigenvalue weighted by Gasteiger charge is 2.37. The van der Waals surface area contributed by atoms with Crippen molar-refractivity contribution < 1.29 is 13.2 Å². The summed E-state index contributed by atoms with van der Waals surface area (Å²) in [6.45, 7) is 0. The molecule has 0 amide bonds. The van der Waals surface area contributed by atoms with Crippen molar-refractivity contribution in [2.75, 3.05) is 0 Å². The Kier molecular flexibility index (Phi) is 2.96. The topological polar surface area (TPSA) is 17.8 Å². The third kappa shape index (κ3) is 1.96. The molecule has 0 bridgehead atoms. The molecule has 0 spiro atoms. The van der Waals surface area contributed by atoms with E-state index in [1.165, 1.54) is 13.1 Å². The monoisotopic (exact) mass is 302 g/mol. The van der Waals surface area contributed by atoms with Gasteiger partial charge >= 0.3 is 6.18 Å². The van der Waals surface area contributed by atoms with Crippen LogP contribution in [-0.2, 0) is 13.2 Å². The van der Waals surface area contributed by atoms with Crippen molar-refractivity contribution in [3.63, 3.8) is 0 Å². The van der Waals surface area contributed by atoms with Gasteiger partial charge in [-0.1, -0.05) is 34.8 Å². The lowest BCUT2D eigenvalue weighted by atomic mass is 10.3. The molecule has 1 aromatic heterocycles. The van der Waals surface area contributed by atoms with Gasteiger partial charge in [-0.2, -0.15) is 13.2 Å². The number of rotatable bonds is 0. The maximum atomic E-state index is 12.6. The van der Waals surface area contributed by atoms with Crippen LogP contribution in [0.15, 0.2) is 6.07 Å². The predicted molar refractivity (Wildman–Crippen MR) is 60.7 cm³/mol. The van der Waals surface area contributed by atoms with Crippen LogP contribution in [0.5, 0.6) is 0 Å². The molecule has 0 aliphatic rings. The summed E-state index contributed by atoms with van der Waals surface area (Å²) in [7, 11) is 1.23. The SMILES string of the molecule is Cn1c(C(F)(F)F)nc2c(Cl)c(Cl)c(Cl)cc21. The van der Waals surface area contributed by atoms with Gasteiger partial charge in [-0.3, -0.25) is 0 Å². The third-order valence-corrected chi connectivity index (χ3v) is 3.52. The average molecular weight is 303 g/mol. The van der Waals surface area contributed by atoms with Crippen molar-refractivity contribution in [2.24, 2.45) is 7.05 Å². The van der Waals surface area contributed by atoms with E-state index in [2.05, 4.69) is 4.98 Å². The van der Waals surface area contributed by atoms with E-state index in [1.807, 2.05) is 0 Å². The summed E-state index contributed by atoms with van der Waals surface area (Å²) < 4.78 is 38.8. The molecule has 0 radical (unpaired) electrons. The molecule has 0 aliphatic heterocycles. The largest absolute Gasteiger partial charge is 0.449 e. The van der Waals surface area contributed by atoms with E-state index >= 15 is 0 Å². The minimum absolute atomic E-state index is 0.00680. The van der Waals surface area contributed by atoms with Gasteiger partial charge in [-0.15, -0.1) is 0 Å². The Labute approximate surface area is 109 Å². The van der Waals surface area contributed by atoms with Gasteiger partial charge in [0.1, 0.15) is 5.52 Å². The molecule has 2 aromatic rings. The summed E-state index contributed by atoms with van der Waals surface area (Å²) in [5.41, 5.74) is 0.160. The molecule has 17 heavy (non-hydrogen) atoms. The van der Waals surface area contributed by atoms with E-state index in [-0.39, 0.29) is 26.1 Å². The quantitative estimate of drug-likeness (QED) is 0.653. The fraction of sp³-hybridized carbons (Fsp3) is 0.222. The zero-order valence-electron chi connectivity index (χ0n) is 8.24. The second-order valence-electron chi connectivity index (χ2n) is 3.35. The van der Waals surface area contributed by atoms with Gasteiger partial charge in [0.2, 0.25) is 5.82 Å². The molecule has 2 nitrogen and oxygen atoms in total. The molecule has 1 heterocycles. The number of benzene rings is 1. The molecule has 0 atom stereocenters. The van der Waals surface area contributed by atoms with E-state index in [1.54, 1.807) is 0 Å². The first kappa shape index (κ1) is 12.8. The normalized spacial score (nSPS) is 12.4. The predicted octanol–water partition coefficient (Wildman–Crippen LogP) is 4.55. The molecule has 0 unspecified atom stereocenters. The van der Waals surface area contributed by atoms with Crippen LogP contribution in [0.25, 0.3) is 11.0 Å². The lowest BCUT2D eigenvalue weighted by Crippen LogP contribution is -2.12. The molecular formula is C9H4Cl3F3N2. The van der Waals surface area contributed by atoms with Gasteiger partial charge in [0.05, 0.1) is 20.6 Å². The van der Waals surface area contributed by atoms with Crippen LogP contribution in [0.4, 0.5) is 13.2 Å². The van der Waals surface area contributed by atoms with Crippen molar-refractivity contribution in [3.8, 4) is 0 Å². The summed E-state index contributed by atoms with van der Waals surface area (Å²) >= 11 is 17.3. The van der Waals surface area contributed by atoms with E-state index in [9.17, 15) is 13.2 Å². The summed E-state index contributed by atoms with van der Waals surface area (Å²) in [5, 5.41) is -0.00573. The van der Waals surface area contributed by atoms with E-state index in [4.69, 9.17) is 34.8 Å². The minimum Gasteiger partial charge on any atom is -0.323 e. The van der Waals surface area contributed by atoms with Crippen molar-refractivity contribution in [2.45, 2.75) is 6.18 Å². The Hall–Kier alpha value is -0.650. The smallest absolute Gasteiger partial charge is 0.323 e. The molecule has 0 saturated carbocycles. The van der Waals surface area contributed by atoms with Crippen molar-refractivity contribution in [1.82, 2.24) is 9.55 Å². The third-order valence-electron chi connectivity index (χ3n) is 2.27. The zero-order chi connectivity index (χ0) is 13.0. The fourth-order valence-electron chi connectivity index (χ4n) is 1.48. The molecule has 0 saturated heterocycles. The number of aryl methyl sites for hydroxylation is 1. The lowest BCUT2D eigenvalue weighted by molar-refractivity contribution is -0.146. The first-order chi connectivity index (χ1) is 7.73. The number of halogens is 6. The molecule has 1 aromatic carbocycles. The van der Waals surface area contributed by atoms with Crippen LogP contribution in [0.2, 0.25) is 15.1 Å². The van der Waals surface area contributed by atoms with Crippen molar-refractivity contribution >= 4 is 45.8 Å². The Bertz CT molecular complexity index is 604. The van der Waals surface area contributed by atoms with Crippen LogP contribution in [0.1, 0.15) is 5.82 Å². The van der Waals surface area contributed by atoms with Gasteiger partial charge in [0, 0.05) is 7.05 Å². The maximum Gasteiger partial charge on any atom is 0.449 e. The Balaban J connectivity index is 2.88. The van der Waals surface area contributed by atoms with E-state index < -0.39 is 12.0 Å². The van der Waals surface area contributed by atoms with Gasteiger partial charge < -0.3 is 4.57 Å². The van der Waals surface area contributed by atoms with Gasteiger partial charge in [0.25, 0.3) is 0 Å². The molecular weight excluding hydrogens is 299 g/mol. The summed E-state index contributed by atoms with van der Waals surface area (Å²) in [5.74, 6) is -1.05. The molecule has 92 valence electrons. The van der Waals surface area contributed by atoms with Crippen LogP contribution >= 0.6 is 34.8 Å². The number of alkyl halides is 3. The minimum atomic E-state index is -4.56. The Morgan fingerprint density at radius 3 is 2.29 bits per heavy atom. The highest BCUT2D eigenvalue weighted by atomic mass is 35.5. The second-order valence-corrected chi connectivity index (χ2v) is 4.51. The van der Waals surface area contributed by atoms with Gasteiger partial charge in [0.15, 0.2) is 0 Å². The van der Waals surface area contributed by atoms with Crippen molar-refractivity contribution in [1.29, 1.82) is 0 Å². The summed E-state index contributed by atoms with van der Waals surface area (Å²) in [6, 6.07) is 1.30. The zero-order valence-corrected chi connectivity index (χ0v) is 10.5. The average Bonchev–Trinajstić information content (AvgIpc) is 2.53. The highest BCUT2D eigenvalue weighted by molar-refractivity contribution is 6.50. The number of imidazole rings is 1. The Morgan fingerprint density at radius 2 is 1.76 bits per heavy atom. The molecule has 0 N–H and O–H groups in total. The van der Waals surface area contributed by atoms with Crippen LogP contribution in [0.3, 0.4) is 0 Å². The van der Waals surface area contributed by atoms with Gasteiger partial charge in [-0.05, 0) is 6.07 Å². The number of aromatic nitrogens is 2.